The van der Waals surface area contributed by atoms with E-state index in [9.17, 15) is 14.0 Å². The number of hydrogen-bond donors (Lipinski definition) is 0. The monoisotopic (exact) mass is 285 g/mol. The molecule has 5 nitrogen and oxygen atoms in total. The van der Waals surface area contributed by atoms with Crippen LogP contribution in [0.4, 0.5) is 4.39 Å². The maximum Gasteiger partial charge on any atom is 0.276 e. The number of Topliss-reactive ketones (excluding diaryl/α,β-unsaturated/α-hetero) is 1. The van der Waals surface area contributed by atoms with E-state index in [-0.39, 0.29) is 23.5 Å². The first-order valence-corrected chi connectivity index (χ1v) is 6.39. The van der Waals surface area contributed by atoms with Gasteiger partial charge in [-0.1, -0.05) is 12.1 Å². The lowest BCUT2D eigenvalue weighted by Crippen LogP contribution is -2.25. The first-order chi connectivity index (χ1) is 10.0. The molecule has 6 heteroatoms. The normalized spacial score (nSPS) is 11.0. The first kappa shape index (κ1) is 13.2. The predicted octanol–water partition coefficient (Wildman–Crippen LogP) is 1.83. The van der Waals surface area contributed by atoms with Crippen molar-refractivity contribution in [3.63, 3.8) is 0 Å². The van der Waals surface area contributed by atoms with Crippen molar-refractivity contribution in [1.82, 2.24) is 14.2 Å². The van der Waals surface area contributed by atoms with Crippen LogP contribution in [0.2, 0.25) is 0 Å². The Hall–Kier alpha value is -2.76. The minimum atomic E-state index is -0.477. The number of hydrogen-bond acceptors (Lipinski definition) is 3. The Labute approximate surface area is 119 Å². The van der Waals surface area contributed by atoms with E-state index in [0.717, 1.165) is 11.8 Å². The Morgan fingerprint density at radius 2 is 2.10 bits per heavy atom. The zero-order chi connectivity index (χ0) is 15.0. The SMILES string of the molecule is Cc1cc2c(=O)n(CC(=O)c3cccc(F)c3)ccn2n1. The van der Waals surface area contributed by atoms with E-state index >= 15 is 0 Å². The third-order valence-electron chi connectivity index (χ3n) is 3.19. The molecule has 1 aromatic carbocycles. The van der Waals surface area contributed by atoms with Crippen LogP contribution in [0.5, 0.6) is 0 Å². The molecular formula is C15H12FN3O2. The molecule has 0 atom stereocenters. The van der Waals surface area contributed by atoms with Crippen LogP contribution in [0, 0.1) is 12.7 Å². The lowest BCUT2D eigenvalue weighted by Gasteiger charge is -2.05. The summed E-state index contributed by atoms with van der Waals surface area (Å²) in [6, 6.07) is 7.08. The fraction of sp³-hybridized carbons (Fsp3) is 0.133. The lowest BCUT2D eigenvalue weighted by molar-refractivity contribution is 0.0970. The van der Waals surface area contributed by atoms with Gasteiger partial charge in [-0.15, -0.1) is 0 Å². The van der Waals surface area contributed by atoms with Crippen LogP contribution in [0.15, 0.2) is 47.5 Å². The van der Waals surface area contributed by atoms with Crippen molar-refractivity contribution in [3.05, 3.63) is 70.2 Å². The molecule has 0 aliphatic carbocycles. The molecule has 0 fully saturated rings. The van der Waals surface area contributed by atoms with Crippen LogP contribution >= 0.6 is 0 Å². The number of ketones is 1. The second-order valence-corrected chi connectivity index (χ2v) is 4.78. The van der Waals surface area contributed by atoms with E-state index in [2.05, 4.69) is 5.10 Å². The number of aryl methyl sites for hydroxylation is 1. The number of halogens is 1. The largest absolute Gasteiger partial charge is 0.304 e. The number of nitrogens with zero attached hydrogens (tertiary/aromatic N) is 3. The number of rotatable bonds is 3. The summed E-state index contributed by atoms with van der Waals surface area (Å²) in [6.07, 6.45) is 3.11. The zero-order valence-electron chi connectivity index (χ0n) is 11.3. The van der Waals surface area contributed by atoms with Crippen molar-refractivity contribution in [1.29, 1.82) is 0 Å². The summed E-state index contributed by atoms with van der Waals surface area (Å²) >= 11 is 0. The third-order valence-corrected chi connectivity index (χ3v) is 3.19. The fourth-order valence-electron chi connectivity index (χ4n) is 2.18. The van der Waals surface area contributed by atoms with Gasteiger partial charge in [0.2, 0.25) is 0 Å². The van der Waals surface area contributed by atoms with Crippen molar-refractivity contribution >= 4 is 11.3 Å². The molecule has 0 radical (unpaired) electrons. The average Bonchev–Trinajstić information content (AvgIpc) is 2.83. The molecule has 0 N–H and O–H groups in total. The average molecular weight is 285 g/mol. The summed E-state index contributed by atoms with van der Waals surface area (Å²) in [6.45, 7) is 1.65. The molecule has 2 aromatic heterocycles. The number of carbonyl (C=O) groups excluding carboxylic acids is 1. The molecule has 0 saturated carbocycles. The molecule has 0 spiro atoms. The molecule has 0 aliphatic heterocycles. The summed E-state index contributed by atoms with van der Waals surface area (Å²) in [4.78, 5) is 24.4. The van der Waals surface area contributed by atoms with Crippen molar-refractivity contribution in [2.24, 2.45) is 0 Å². The highest BCUT2D eigenvalue weighted by molar-refractivity contribution is 5.95. The van der Waals surface area contributed by atoms with Gasteiger partial charge in [0.15, 0.2) is 5.78 Å². The van der Waals surface area contributed by atoms with Crippen molar-refractivity contribution in [3.8, 4) is 0 Å². The maximum atomic E-state index is 13.1. The Bertz CT molecular complexity index is 895. The quantitative estimate of drug-likeness (QED) is 0.690. The summed E-state index contributed by atoms with van der Waals surface area (Å²) in [5.74, 6) is -0.799. The van der Waals surface area contributed by atoms with Crippen molar-refractivity contribution < 1.29 is 9.18 Å². The highest BCUT2D eigenvalue weighted by Crippen LogP contribution is 2.06. The number of benzene rings is 1. The highest BCUT2D eigenvalue weighted by Gasteiger charge is 2.11. The molecule has 3 rings (SSSR count). The number of fused-ring (bicyclic) bond motifs is 1. The van der Waals surface area contributed by atoms with Gasteiger partial charge in [-0.3, -0.25) is 9.59 Å². The first-order valence-electron chi connectivity index (χ1n) is 6.39. The fourth-order valence-corrected chi connectivity index (χ4v) is 2.18. The lowest BCUT2D eigenvalue weighted by atomic mass is 10.1. The van der Waals surface area contributed by atoms with Crippen LogP contribution in [0.25, 0.3) is 5.52 Å². The summed E-state index contributed by atoms with van der Waals surface area (Å²) in [7, 11) is 0. The second-order valence-electron chi connectivity index (χ2n) is 4.78. The summed E-state index contributed by atoms with van der Waals surface area (Å²) in [5.41, 5.74) is 1.07. The van der Waals surface area contributed by atoms with Crippen LogP contribution in [0.3, 0.4) is 0 Å². The van der Waals surface area contributed by atoms with Crippen molar-refractivity contribution in [2.75, 3.05) is 0 Å². The van der Waals surface area contributed by atoms with Crippen LogP contribution < -0.4 is 5.56 Å². The van der Waals surface area contributed by atoms with Crippen LogP contribution in [0.1, 0.15) is 16.1 Å². The molecule has 106 valence electrons. The van der Waals surface area contributed by atoms with Gasteiger partial charge >= 0.3 is 0 Å². The summed E-state index contributed by atoms with van der Waals surface area (Å²) < 4.78 is 15.9. The highest BCUT2D eigenvalue weighted by atomic mass is 19.1. The molecule has 0 bridgehead atoms. The van der Waals surface area contributed by atoms with Gasteiger partial charge in [0.05, 0.1) is 12.2 Å². The van der Waals surface area contributed by atoms with Gasteiger partial charge in [0.1, 0.15) is 11.3 Å². The van der Waals surface area contributed by atoms with Crippen LogP contribution in [-0.2, 0) is 6.54 Å². The summed E-state index contributed by atoms with van der Waals surface area (Å²) in [5, 5.41) is 4.13. The molecule has 2 heterocycles. The van der Waals surface area contributed by atoms with E-state index in [1.165, 1.54) is 33.5 Å². The standard InChI is InChI=1S/C15H12FN3O2/c1-10-7-13-15(21)18(5-6-19(13)17-10)9-14(20)11-3-2-4-12(16)8-11/h2-8H,9H2,1H3. The van der Waals surface area contributed by atoms with E-state index in [4.69, 9.17) is 0 Å². The third kappa shape index (κ3) is 2.47. The van der Waals surface area contributed by atoms with E-state index in [0.29, 0.717) is 5.52 Å². The van der Waals surface area contributed by atoms with E-state index < -0.39 is 5.82 Å². The molecule has 0 unspecified atom stereocenters. The van der Waals surface area contributed by atoms with Crippen LogP contribution in [-0.4, -0.2) is 20.0 Å². The minimum absolute atomic E-state index is 0.136. The molecule has 0 amide bonds. The molecule has 21 heavy (non-hydrogen) atoms. The van der Waals surface area contributed by atoms with E-state index in [1.54, 1.807) is 19.2 Å². The number of aromatic nitrogens is 3. The van der Waals surface area contributed by atoms with Gasteiger partial charge in [-0.05, 0) is 25.1 Å². The minimum Gasteiger partial charge on any atom is -0.304 e. The Balaban J connectivity index is 1.96. The van der Waals surface area contributed by atoms with Gasteiger partial charge in [0, 0.05) is 18.0 Å². The van der Waals surface area contributed by atoms with Gasteiger partial charge in [-0.2, -0.15) is 5.10 Å². The van der Waals surface area contributed by atoms with Gasteiger partial charge < -0.3 is 4.57 Å². The number of carbonyl (C=O) groups is 1. The van der Waals surface area contributed by atoms with Gasteiger partial charge in [0.25, 0.3) is 5.56 Å². The molecule has 0 aliphatic rings. The Morgan fingerprint density at radius 3 is 2.86 bits per heavy atom. The Kier molecular flexibility index (Phi) is 3.13. The second kappa shape index (κ2) is 4.97. The van der Waals surface area contributed by atoms with Crippen molar-refractivity contribution in [2.45, 2.75) is 13.5 Å². The smallest absolute Gasteiger partial charge is 0.276 e. The molecular weight excluding hydrogens is 273 g/mol. The van der Waals surface area contributed by atoms with Gasteiger partial charge in [-0.25, -0.2) is 8.91 Å². The topological polar surface area (TPSA) is 56.4 Å². The molecule has 3 aromatic rings. The zero-order valence-corrected chi connectivity index (χ0v) is 11.3. The predicted molar refractivity (Wildman–Crippen MR) is 74.9 cm³/mol. The Morgan fingerprint density at radius 1 is 1.29 bits per heavy atom. The molecule has 0 saturated heterocycles. The van der Waals surface area contributed by atoms with E-state index in [1.807, 2.05) is 0 Å². The maximum absolute atomic E-state index is 13.1.